The highest BCUT2D eigenvalue weighted by molar-refractivity contribution is 5.77. The molecule has 1 saturated carbocycles. The summed E-state index contributed by atoms with van der Waals surface area (Å²) in [6.45, 7) is 5.67. The van der Waals surface area contributed by atoms with E-state index in [1.807, 2.05) is 0 Å². The monoisotopic (exact) mass is 212 g/mol. The highest BCUT2D eigenvalue weighted by Gasteiger charge is 2.42. The standard InChI is InChI=1S/C11H16O4/c1-3-7-8(10(12)13)5-6-9(7)11(14)15-4-2/h3,7-9H,1,4-6H2,2H3,(H,12,13)/t7-,8-,9-/m0/s1. The van der Waals surface area contributed by atoms with E-state index < -0.39 is 11.9 Å². The number of hydrogen-bond donors (Lipinski definition) is 1. The van der Waals surface area contributed by atoms with Crippen LogP contribution in [0.25, 0.3) is 0 Å². The Morgan fingerprint density at radius 2 is 2.07 bits per heavy atom. The van der Waals surface area contributed by atoms with E-state index in [1.54, 1.807) is 13.0 Å². The number of rotatable bonds is 4. The van der Waals surface area contributed by atoms with Crippen LogP contribution in [0.1, 0.15) is 19.8 Å². The van der Waals surface area contributed by atoms with Gasteiger partial charge in [-0.15, -0.1) is 6.58 Å². The molecule has 84 valence electrons. The van der Waals surface area contributed by atoms with E-state index in [9.17, 15) is 9.59 Å². The van der Waals surface area contributed by atoms with Crippen molar-refractivity contribution in [2.24, 2.45) is 17.8 Å². The molecular formula is C11H16O4. The van der Waals surface area contributed by atoms with Gasteiger partial charge in [-0.25, -0.2) is 0 Å². The molecule has 4 heteroatoms. The van der Waals surface area contributed by atoms with Crippen LogP contribution in [0.5, 0.6) is 0 Å². The lowest BCUT2D eigenvalue weighted by molar-refractivity contribution is -0.149. The van der Waals surface area contributed by atoms with Gasteiger partial charge in [0.1, 0.15) is 0 Å². The number of aliphatic carboxylic acids is 1. The molecule has 1 fully saturated rings. The Labute approximate surface area is 88.9 Å². The second kappa shape index (κ2) is 4.96. The zero-order valence-electron chi connectivity index (χ0n) is 8.81. The van der Waals surface area contributed by atoms with E-state index >= 15 is 0 Å². The summed E-state index contributed by atoms with van der Waals surface area (Å²) in [4.78, 5) is 22.4. The molecule has 0 saturated heterocycles. The maximum absolute atomic E-state index is 11.5. The fraction of sp³-hybridized carbons (Fsp3) is 0.636. The van der Waals surface area contributed by atoms with E-state index in [-0.39, 0.29) is 17.8 Å². The van der Waals surface area contributed by atoms with Crippen LogP contribution in [0.2, 0.25) is 0 Å². The van der Waals surface area contributed by atoms with Crippen LogP contribution in [0.3, 0.4) is 0 Å². The van der Waals surface area contributed by atoms with Gasteiger partial charge in [-0.2, -0.15) is 0 Å². The maximum atomic E-state index is 11.5. The number of carbonyl (C=O) groups is 2. The minimum Gasteiger partial charge on any atom is -0.481 e. The number of hydrogen-bond acceptors (Lipinski definition) is 3. The summed E-state index contributed by atoms with van der Waals surface area (Å²) < 4.78 is 4.91. The lowest BCUT2D eigenvalue weighted by Gasteiger charge is -2.17. The number of carboxylic acids is 1. The molecule has 0 aromatic heterocycles. The second-order valence-corrected chi connectivity index (χ2v) is 3.69. The summed E-state index contributed by atoms with van der Waals surface area (Å²) >= 11 is 0. The summed E-state index contributed by atoms with van der Waals surface area (Å²) in [6.07, 6.45) is 2.66. The Kier molecular flexibility index (Phi) is 3.88. The topological polar surface area (TPSA) is 63.6 Å². The molecule has 1 N–H and O–H groups in total. The Morgan fingerprint density at radius 3 is 2.53 bits per heavy atom. The normalized spacial score (nSPS) is 29.8. The molecule has 0 heterocycles. The fourth-order valence-electron chi connectivity index (χ4n) is 2.17. The zero-order valence-corrected chi connectivity index (χ0v) is 8.81. The smallest absolute Gasteiger partial charge is 0.309 e. The van der Waals surface area contributed by atoms with Gasteiger partial charge in [0, 0.05) is 5.92 Å². The number of carboxylic acid groups (broad SMARTS) is 1. The van der Waals surface area contributed by atoms with Crippen molar-refractivity contribution in [1.82, 2.24) is 0 Å². The molecule has 0 aliphatic heterocycles. The van der Waals surface area contributed by atoms with Gasteiger partial charge in [0.05, 0.1) is 18.4 Å². The summed E-state index contributed by atoms with van der Waals surface area (Å²) in [5, 5.41) is 8.94. The van der Waals surface area contributed by atoms with Gasteiger partial charge in [0.25, 0.3) is 0 Å². The van der Waals surface area contributed by atoms with E-state index in [0.29, 0.717) is 19.4 Å². The van der Waals surface area contributed by atoms with E-state index in [2.05, 4.69) is 6.58 Å². The number of allylic oxidation sites excluding steroid dienone is 1. The first kappa shape index (κ1) is 11.8. The van der Waals surface area contributed by atoms with Crippen LogP contribution in [-0.2, 0) is 14.3 Å². The lowest BCUT2D eigenvalue weighted by Crippen LogP contribution is -2.26. The Morgan fingerprint density at radius 1 is 1.47 bits per heavy atom. The summed E-state index contributed by atoms with van der Waals surface area (Å²) in [5.41, 5.74) is 0. The van der Waals surface area contributed by atoms with Crippen LogP contribution in [-0.4, -0.2) is 23.7 Å². The van der Waals surface area contributed by atoms with Crippen molar-refractivity contribution in [3.8, 4) is 0 Å². The molecule has 1 aliphatic carbocycles. The molecule has 0 spiro atoms. The molecular weight excluding hydrogens is 196 g/mol. The van der Waals surface area contributed by atoms with E-state index in [1.165, 1.54) is 0 Å². The SMILES string of the molecule is C=C[C@H]1[C@@H](C(=O)O)CC[C@@H]1C(=O)OCC. The third-order valence-corrected chi connectivity index (χ3v) is 2.90. The van der Waals surface area contributed by atoms with Crippen molar-refractivity contribution < 1.29 is 19.4 Å². The first-order valence-electron chi connectivity index (χ1n) is 5.13. The van der Waals surface area contributed by atoms with E-state index in [0.717, 1.165) is 0 Å². The molecule has 0 aromatic rings. The fourth-order valence-corrected chi connectivity index (χ4v) is 2.17. The average Bonchev–Trinajstić information content (AvgIpc) is 2.61. The highest BCUT2D eigenvalue weighted by atomic mass is 16.5. The third kappa shape index (κ3) is 2.37. The predicted octanol–water partition coefficient (Wildman–Crippen LogP) is 1.46. The van der Waals surface area contributed by atoms with Gasteiger partial charge < -0.3 is 9.84 Å². The van der Waals surface area contributed by atoms with Gasteiger partial charge in [-0.3, -0.25) is 9.59 Å². The number of ether oxygens (including phenoxy) is 1. The van der Waals surface area contributed by atoms with Crippen LogP contribution < -0.4 is 0 Å². The first-order valence-corrected chi connectivity index (χ1v) is 5.13. The number of carbonyl (C=O) groups excluding carboxylic acids is 1. The average molecular weight is 212 g/mol. The molecule has 0 unspecified atom stereocenters. The van der Waals surface area contributed by atoms with E-state index in [4.69, 9.17) is 9.84 Å². The Balaban J connectivity index is 2.72. The first-order chi connectivity index (χ1) is 7.11. The minimum absolute atomic E-state index is 0.290. The highest BCUT2D eigenvalue weighted by Crippen LogP contribution is 2.38. The van der Waals surface area contributed by atoms with Crippen LogP contribution in [0, 0.1) is 17.8 Å². The minimum atomic E-state index is -0.855. The number of esters is 1. The molecule has 0 radical (unpaired) electrons. The third-order valence-electron chi connectivity index (χ3n) is 2.90. The largest absolute Gasteiger partial charge is 0.481 e. The Bertz CT molecular complexity index is 272. The molecule has 4 nitrogen and oxygen atoms in total. The van der Waals surface area contributed by atoms with Crippen LogP contribution >= 0.6 is 0 Å². The molecule has 1 aliphatic rings. The van der Waals surface area contributed by atoms with Gasteiger partial charge in [0.15, 0.2) is 0 Å². The molecule has 0 amide bonds. The zero-order chi connectivity index (χ0) is 11.4. The lowest BCUT2D eigenvalue weighted by atomic mass is 9.89. The van der Waals surface area contributed by atoms with Crippen molar-refractivity contribution in [3.05, 3.63) is 12.7 Å². The second-order valence-electron chi connectivity index (χ2n) is 3.69. The van der Waals surface area contributed by atoms with Gasteiger partial charge in [-0.05, 0) is 19.8 Å². The van der Waals surface area contributed by atoms with Crippen molar-refractivity contribution >= 4 is 11.9 Å². The van der Waals surface area contributed by atoms with Crippen molar-refractivity contribution in [2.75, 3.05) is 6.61 Å². The quantitative estimate of drug-likeness (QED) is 0.566. The van der Waals surface area contributed by atoms with Crippen molar-refractivity contribution in [3.63, 3.8) is 0 Å². The van der Waals surface area contributed by atoms with Crippen LogP contribution in [0.15, 0.2) is 12.7 Å². The van der Waals surface area contributed by atoms with Gasteiger partial charge in [0.2, 0.25) is 0 Å². The van der Waals surface area contributed by atoms with Gasteiger partial charge >= 0.3 is 11.9 Å². The summed E-state index contributed by atoms with van der Waals surface area (Å²) in [7, 11) is 0. The molecule has 3 atom stereocenters. The predicted molar refractivity (Wildman–Crippen MR) is 54.2 cm³/mol. The van der Waals surface area contributed by atoms with Crippen molar-refractivity contribution in [2.45, 2.75) is 19.8 Å². The molecule has 0 bridgehead atoms. The molecule has 1 rings (SSSR count). The van der Waals surface area contributed by atoms with Crippen LogP contribution in [0.4, 0.5) is 0 Å². The molecule has 15 heavy (non-hydrogen) atoms. The summed E-state index contributed by atoms with van der Waals surface area (Å²) in [5.74, 6) is -2.26. The molecule has 0 aromatic carbocycles. The van der Waals surface area contributed by atoms with Crippen molar-refractivity contribution in [1.29, 1.82) is 0 Å². The summed E-state index contributed by atoms with van der Waals surface area (Å²) in [6, 6.07) is 0. The van der Waals surface area contributed by atoms with Gasteiger partial charge in [-0.1, -0.05) is 6.08 Å². The maximum Gasteiger partial charge on any atom is 0.309 e. The Hall–Kier alpha value is -1.32.